The monoisotopic (exact) mass is 277 g/mol. The highest BCUT2D eigenvalue weighted by Crippen LogP contribution is 2.49. The van der Waals surface area contributed by atoms with E-state index in [4.69, 9.17) is 4.74 Å². The molecule has 2 atom stereocenters. The van der Waals surface area contributed by atoms with E-state index in [0.29, 0.717) is 30.0 Å². The zero-order valence-electron chi connectivity index (χ0n) is 11.3. The summed E-state index contributed by atoms with van der Waals surface area (Å²) < 4.78 is 5.16. The minimum absolute atomic E-state index is 0.161. The maximum absolute atomic E-state index is 11.7. The summed E-state index contributed by atoms with van der Waals surface area (Å²) in [5.74, 6) is 0.416. The van der Waals surface area contributed by atoms with E-state index < -0.39 is 11.7 Å². The fourth-order valence-electron chi connectivity index (χ4n) is 3.20. The number of nitrogens with zero attached hydrogens (tertiary/aromatic N) is 2. The smallest absolute Gasteiger partial charge is 0.288 e. The van der Waals surface area contributed by atoms with Gasteiger partial charge in [0.2, 0.25) is 5.91 Å². The van der Waals surface area contributed by atoms with E-state index in [2.05, 4.69) is 5.32 Å². The Morgan fingerprint density at radius 2 is 2.35 bits per heavy atom. The normalized spacial score (nSPS) is 26.7. The summed E-state index contributed by atoms with van der Waals surface area (Å²) >= 11 is 0. The molecule has 2 unspecified atom stereocenters. The highest BCUT2D eigenvalue weighted by Gasteiger charge is 2.64. The van der Waals surface area contributed by atoms with Crippen molar-refractivity contribution in [2.75, 3.05) is 19.0 Å². The van der Waals surface area contributed by atoms with Crippen LogP contribution in [-0.2, 0) is 10.3 Å². The Hall–Kier alpha value is -2.31. The number of carbonyl (C=O) groups excluding carboxylic acids is 1. The summed E-state index contributed by atoms with van der Waals surface area (Å²) in [6, 6.07) is 5.20. The topological polar surface area (TPSA) is 84.7 Å². The molecule has 2 aliphatic heterocycles. The number of likely N-dealkylation sites (tertiary alicyclic amines) is 1. The van der Waals surface area contributed by atoms with Crippen molar-refractivity contribution in [2.45, 2.75) is 25.0 Å². The molecule has 3 rings (SSSR count). The molecule has 0 aromatic heterocycles. The van der Waals surface area contributed by atoms with Gasteiger partial charge in [-0.2, -0.15) is 0 Å². The average molecular weight is 277 g/mol. The number of hydrogen-bond donors (Lipinski definition) is 1. The molecule has 0 radical (unpaired) electrons. The molecule has 7 heteroatoms. The summed E-state index contributed by atoms with van der Waals surface area (Å²) in [7, 11) is 1.52. The van der Waals surface area contributed by atoms with E-state index in [1.165, 1.54) is 18.9 Å². The number of amides is 1. The molecular weight excluding hydrogens is 262 g/mol. The first-order chi connectivity index (χ1) is 9.50. The first-order valence-corrected chi connectivity index (χ1v) is 6.37. The van der Waals surface area contributed by atoms with Crippen LogP contribution < -0.4 is 10.1 Å². The molecule has 1 N–H and O–H groups in total. The van der Waals surface area contributed by atoms with Gasteiger partial charge in [-0.05, 0) is 18.2 Å². The van der Waals surface area contributed by atoms with Gasteiger partial charge in [0.1, 0.15) is 5.75 Å². The van der Waals surface area contributed by atoms with Gasteiger partial charge >= 0.3 is 0 Å². The van der Waals surface area contributed by atoms with Crippen LogP contribution in [0.15, 0.2) is 18.2 Å². The highest BCUT2D eigenvalue weighted by molar-refractivity contribution is 5.76. The second-order valence-corrected chi connectivity index (χ2v) is 5.10. The third-order valence-electron chi connectivity index (χ3n) is 4.21. The van der Waals surface area contributed by atoms with Crippen LogP contribution in [0.5, 0.6) is 5.75 Å². The highest BCUT2D eigenvalue weighted by atomic mass is 16.6. The van der Waals surface area contributed by atoms with E-state index in [1.54, 1.807) is 18.2 Å². The fourth-order valence-corrected chi connectivity index (χ4v) is 3.20. The van der Waals surface area contributed by atoms with Gasteiger partial charge in [-0.25, -0.2) is 0 Å². The number of rotatable bonds is 2. The molecule has 0 spiro atoms. The third-order valence-corrected chi connectivity index (χ3v) is 4.21. The van der Waals surface area contributed by atoms with Crippen molar-refractivity contribution in [3.8, 4) is 5.75 Å². The standard InChI is InChI=1S/C13H15N3O4/c1-8(17)15-6-5-13(16(18)19)10-7-9(20-2)3-4-11(10)14-12(13)15/h3-4,7,12,14H,5-6H2,1-2H3. The summed E-state index contributed by atoms with van der Waals surface area (Å²) in [5.41, 5.74) is 0.00396. The van der Waals surface area contributed by atoms with Crippen LogP contribution in [0.4, 0.5) is 5.69 Å². The number of nitro groups is 1. The molecule has 1 fully saturated rings. The van der Waals surface area contributed by atoms with Gasteiger partial charge < -0.3 is 15.0 Å². The molecule has 2 heterocycles. The van der Waals surface area contributed by atoms with Crippen molar-refractivity contribution in [1.29, 1.82) is 0 Å². The maximum atomic E-state index is 11.7. The Kier molecular flexibility index (Phi) is 2.60. The van der Waals surface area contributed by atoms with Crippen molar-refractivity contribution >= 4 is 11.6 Å². The van der Waals surface area contributed by atoms with Crippen LogP contribution >= 0.6 is 0 Å². The van der Waals surface area contributed by atoms with E-state index in [-0.39, 0.29) is 10.8 Å². The van der Waals surface area contributed by atoms with Gasteiger partial charge in [0, 0.05) is 30.5 Å². The summed E-state index contributed by atoms with van der Waals surface area (Å²) in [5, 5.41) is 14.8. The fraction of sp³-hybridized carbons (Fsp3) is 0.462. The lowest BCUT2D eigenvalue weighted by Crippen LogP contribution is -2.49. The summed E-state index contributed by atoms with van der Waals surface area (Å²) in [4.78, 5) is 24.6. The van der Waals surface area contributed by atoms with Crippen molar-refractivity contribution in [3.05, 3.63) is 33.9 Å². The van der Waals surface area contributed by atoms with Gasteiger partial charge in [-0.15, -0.1) is 0 Å². The van der Waals surface area contributed by atoms with Crippen molar-refractivity contribution < 1.29 is 14.5 Å². The number of hydrogen-bond acceptors (Lipinski definition) is 5. The number of benzene rings is 1. The van der Waals surface area contributed by atoms with Crippen LogP contribution in [0, 0.1) is 10.1 Å². The van der Waals surface area contributed by atoms with Crippen molar-refractivity contribution in [3.63, 3.8) is 0 Å². The van der Waals surface area contributed by atoms with Gasteiger partial charge in [0.15, 0.2) is 6.17 Å². The molecule has 20 heavy (non-hydrogen) atoms. The minimum Gasteiger partial charge on any atom is -0.497 e. The SMILES string of the molecule is COc1ccc2c(c1)C1([N+](=O)[O-])CCN(C(C)=O)C1N2. The van der Waals surface area contributed by atoms with Crippen molar-refractivity contribution in [1.82, 2.24) is 4.90 Å². The third kappa shape index (κ3) is 1.43. The second-order valence-electron chi connectivity index (χ2n) is 5.10. The molecule has 0 bridgehead atoms. The second kappa shape index (κ2) is 4.09. The zero-order valence-corrected chi connectivity index (χ0v) is 11.3. The van der Waals surface area contributed by atoms with Gasteiger partial charge in [0.05, 0.1) is 12.7 Å². The number of anilines is 1. The lowest BCUT2D eigenvalue weighted by molar-refractivity contribution is -0.579. The van der Waals surface area contributed by atoms with E-state index in [1.807, 2.05) is 0 Å². The lowest BCUT2D eigenvalue weighted by Gasteiger charge is -2.25. The van der Waals surface area contributed by atoms with Gasteiger partial charge in [-0.3, -0.25) is 14.9 Å². The first-order valence-electron chi connectivity index (χ1n) is 6.37. The Morgan fingerprint density at radius 1 is 1.60 bits per heavy atom. The Morgan fingerprint density at radius 3 is 2.95 bits per heavy atom. The molecule has 7 nitrogen and oxygen atoms in total. The van der Waals surface area contributed by atoms with Crippen LogP contribution in [0.25, 0.3) is 0 Å². The summed E-state index contributed by atoms with van der Waals surface area (Å²) in [6.07, 6.45) is -0.325. The molecule has 0 saturated carbocycles. The van der Waals surface area contributed by atoms with Gasteiger partial charge in [-0.1, -0.05) is 0 Å². The number of ether oxygens (including phenoxy) is 1. The molecule has 1 amide bonds. The van der Waals surface area contributed by atoms with E-state index >= 15 is 0 Å². The lowest BCUT2D eigenvalue weighted by atomic mass is 9.89. The predicted molar refractivity (Wildman–Crippen MR) is 71.1 cm³/mol. The predicted octanol–water partition coefficient (Wildman–Crippen LogP) is 1.17. The maximum Gasteiger partial charge on any atom is 0.288 e. The number of carbonyl (C=O) groups is 1. The average Bonchev–Trinajstić information content (AvgIpc) is 2.92. The van der Waals surface area contributed by atoms with E-state index in [0.717, 1.165) is 0 Å². The molecular formula is C13H15N3O4. The van der Waals surface area contributed by atoms with Crippen LogP contribution in [0.3, 0.4) is 0 Å². The first kappa shape index (κ1) is 12.7. The van der Waals surface area contributed by atoms with Crippen LogP contribution in [0.1, 0.15) is 18.9 Å². The molecule has 106 valence electrons. The van der Waals surface area contributed by atoms with Crippen molar-refractivity contribution in [2.24, 2.45) is 0 Å². The molecule has 2 aliphatic rings. The molecule has 1 aromatic carbocycles. The van der Waals surface area contributed by atoms with Crippen LogP contribution in [0.2, 0.25) is 0 Å². The Balaban J connectivity index is 2.15. The minimum atomic E-state index is -1.28. The largest absolute Gasteiger partial charge is 0.497 e. The van der Waals surface area contributed by atoms with Crippen LogP contribution in [-0.4, -0.2) is 35.6 Å². The van der Waals surface area contributed by atoms with Gasteiger partial charge in [0.25, 0.3) is 5.54 Å². The number of nitrogens with one attached hydrogen (secondary N) is 1. The molecule has 1 aromatic rings. The number of fused-ring (bicyclic) bond motifs is 3. The summed E-state index contributed by atoms with van der Waals surface area (Å²) in [6.45, 7) is 1.81. The quantitative estimate of drug-likeness (QED) is 0.648. The zero-order chi connectivity index (χ0) is 14.5. The molecule has 0 aliphatic carbocycles. The molecule has 1 saturated heterocycles. The Labute approximate surface area is 115 Å². The van der Waals surface area contributed by atoms with E-state index in [9.17, 15) is 14.9 Å². The number of methoxy groups -OCH3 is 1. The Bertz CT molecular complexity index is 603.